The average Bonchev–Trinajstić information content (AvgIpc) is 2.45. The van der Waals surface area contributed by atoms with Crippen LogP contribution in [0, 0.1) is 5.92 Å². The van der Waals surface area contributed by atoms with Gasteiger partial charge < -0.3 is 4.74 Å². The first-order valence-corrected chi connectivity index (χ1v) is 8.12. The SMILES string of the molecule is CCCC(CBr)COc1ccc(Cl)c2ccccc12. The number of benzene rings is 2. The highest BCUT2D eigenvalue weighted by atomic mass is 79.9. The number of rotatable bonds is 6. The maximum atomic E-state index is 6.21. The Morgan fingerprint density at radius 2 is 1.89 bits per heavy atom. The van der Waals surface area contributed by atoms with Crippen molar-refractivity contribution in [2.45, 2.75) is 19.8 Å². The fourth-order valence-electron chi connectivity index (χ4n) is 2.18. The van der Waals surface area contributed by atoms with E-state index in [9.17, 15) is 0 Å². The van der Waals surface area contributed by atoms with Gasteiger partial charge in [-0.15, -0.1) is 0 Å². The second-order valence-corrected chi connectivity index (χ2v) is 5.77. The van der Waals surface area contributed by atoms with E-state index in [1.165, 1.54) is 12.8 Å². The van der Waals surface area contributed by atoms with Crippen LogP contribution >= 0.6 is 27.5 Å². The highest BCUT2D eigenvalue weighted by Crippen LogP contribution is 2.31. The maximum Gasteiger partial charge on any atom is 0.127 e. The lowest BCUT2D eigenvalue weighted by atomic mass is 10.1. The number of alkyl halides is 1. The minimum absolute atomic E-state index is 0.555. The van der Waals surface area contributed by atoms with Crippen molar-refractivity contribution >= 4 is 38.3 Å². The van der Waals surface area contributed by atoms with Gasteiger partial charge in [-0.25, -0.2) is 0 Å². The van der Waals surface area contributed by atoms with Crippen LogP contribution in [0.5, 0.6) is 5.75 Å². The van der Waals surface area contributed by atoms with Crippen LogP contribution < -0.4 is 4.74 Å². The largest absolute Gasteiger partial charge is 0.493 e. The molecule has 0 aliphatic rings. The van der Waals surface area contributed by atoms with Crippen LogP contribution in [0.15, 0.2) is 36.4 Å². The summed E-state index contributed by atoms with van der Waals surface area (Å²) in [5.74, 6) is 1.47. The maximum absolute atomic E-state index is 6.21. The third kappa shape index (κ3) is 3.64. The standard InChI is InChI=1S/C16H18BrClO/c1-2-5-12(10-17)11-19-16-9-8-15(18)13-6-3-4-7-14(13)16/h3-4,6-9,12H,2,5,10-11H2,1H3. The molecule has 0 radical (unpaired) electrons. The molecule has 2 rings (SSSR count). The van der Waals surface area contributed by atoms with Gasteiger partial charge in [0.15, 0.2) is 0 Å². The van der Waals surface area contributed by atoms with Crippen molar-refractivity contribution in [3.8, 4) is 5.75 Å². The van der Waals surface area contributed by atoms with Gasteiger partial charge in [0.2, 0.25) is 0 Å². The normalized spacial score (nSPS) is 12.6. The molecule has 0 heterocycles. The average molecular weight is 342 g/mol. The van der Waals surface area contributed by atoms with E-state index < -0.39 is 0 Å². The summed E-state index contributed by atoms with van der Waals surface area (Å²) in [6.07, 6.45) is 2.36. The summed E-state index contributed by atoms with van der Waals surface area (Å²) in [6, 6.07) is 12.0. The minimum atomic E-state index is 0.555. The zero-order valence-corrected chi connectivity index (χ0v) is 13.4. The molecule has 0 aliphatic carbocycles. The molecule has 0 N–H and O–H groups in total. The number of hydrogen-bond acceptors (Lipinski definition) is 1. The van der Waals surface area contributed by atoms with Gasteiger partial charge in [0.05, 0.1) is 6.61 Å². The zero-order chi connectivity index (χ0) is 13.7. The summed E-state index contributed by atoms with van der Waals surface area (Å²) in [5, 5.41) is 3.88. The Labute approximate surface area is 128 Å². The minimum Gasteiger partial charge on any atom is -0.493 e. The van der Waals surface area contributed by atoms with Crippen molar-refractivity contribution in [3.63, 3.8) is 0 Å². The van der Waals surface area contributed by atoms with Gasteiger partial charge in [-0.3, -0.25) is 0 Å². The monoisotopic (exact) mass is 340 g/mol. The number of halogens is 2. The molecule has 0 amide bonds. The van der Waals surface area contributed by atoms with Gasteiger partial charge in [0.25, 0.3) is 0 Å². The van der Waals surface area contributed by atoms with Crippen LogP contribution in [0.3, 0.4) is 0 Å². The Morgan fingerprint density at radius 1 is 1.16 bits per heavy atom. The smallest absolute Gasteiger partial charge is 0.127 e. The highest BCUT2D eigenvalue weighted by molar-refractivity contribution is 9.09. The Kier molecular flexibility index (Phi) is 5.53. The summed E-state index contributed by atoms with van der Waals surface area (Å²) < 4.78 is 5.99. The van der Waals surface area contributed by atoms with E-state index >= 15 is 0 Å². The molecule has 19 heavy (non-hydrogen) atoms. The summed E-state index contributed by atoms with van der Waals surface area (Å²) in [5.41, 5.74) is 0. The first-order valence-electron chi connectivity index (χ1n) is 6.62. The molecular weight excluding hydrogens is 324 g/mol. The van der Waals surface area contributed by atoms with Gasteiger partial charge >= 0.3 is 0 Å². The number of fused-ring (bicyclic) bond motifs is 1. The van der Waals surface area contributed by atoms with Crippen molar-refractivity contribution in [1.82, 2.24) is 0 Å². The van der Waals surface area contributed by atoms with Crippen molar-refractivity contribution in [1.29, 1.82) is 0 Å². The van der Waals surface area contributed by atoms with Gasteiger partial charge in [-0.05, 0) is 18.6 Å². The van der Waals surface area contributed by atoms with Gasteiger partial charge in [-0.2, -0.15) is 0 Å². The second-order valence-electron chi connectivity index (χ2n) is 4.71. The van der Waals surface area contributed by atoms with Gasteiger partial charge in [0.1, 0.15) is 5.75 Å². The van der Waals surface area contributed by atoms with Crippen molar-refractivity contribution in [3.05, 3.63) is 41.4 Å². The lowest BCUT2D eigenvalue weighted by Gasteiger charge is -2.16. The molecule has 0 saturated heterocycles. The predicted molar refractivity (Wildman–Crippen MR) is 86.6 cm³/mol. The molecule has 1 atom stereocenters. The number of hydrogen-bond donors (Lipinski definition) is 0. The summed E-state index contributed by atoms with van der Waals surface area (Å²) in [7, 11) is 0. The van der Waals surface area contributed by atoms with E-state index in [-0.39, 0.29) is 0 Å². The topological polar surface area (TPSA) is 9.23 Å². The van der Waals surface area contributed by atoms with Crippen molar-refractivity contribution in [2.75, 3.05) is 11.9 Å². The van der Waals surface area contributed by atoms with E-state index in [1.807, 2.05) is 30.3 Å². The van der Waals surface area contributed by atoms with Crippen LogP contribution in [0.2, 0.25) is 5.02 Å². The van der Waals surface area contributed by atoms with Gasteiger partial charge in [-0.1, -0.05) is 65.1 Å². The summed E-state index contributed by atoms with van der Waals surface area (Å²) >= 11 is 9.76. The summed E-state index contributed by atoms with van der Waals surface area (Å²) in [6.45, 7) is 2.94. The van der Waals surface area contributed by atoms with Crippen LogP contribution in [0.1, 0.15) is 19.8 Å². The summed E-state index contributed by atoms with van der Waals surface area (Å²) in [4.78, 5) is 0. The molecule has 2 aromatic carbocycles. The third-order valence-corrected chi connectivity index (χ3v) is 4.47. The van der Waals surface area contributed by atoms with Crippen LogP contribution in [0.4, 0.5) is 0 Å². The molecule has 0 aromatic heterocycles. The van der Waals surface area contributed by atoms with Crippen LogP contribution in [-0.4, -0.2) is 11.9 Å². The molecule has 0 spiro atoms. The van der Waals surface area contributed by atoms with Crippen LogP contribution in [0.25, 0.3) is 10.8 Å². The lowest BCUT2D eigenvalue weighted by Crippen LogP contribution is -2.13. The molecule has 0 saturated carbocycles. The third-order valence-electron chi connectivity index (χ3n) is 3.22. The first kappa shape index (κ1) is 14.7. The van der Waals surface area contributed by atoms with E-state index in [1.54, 1.807) is 0 Å². The molecule has 0 bridgehead atoms. The molecule has 1 nitrogen and oxygen atoms in total. The molecule has 3 heteroatoms. The van der Waals surface area contributed by atoms with E-state index in [2.05, 4.69) is 28.9 Å². The molecule has 102 valence electrons. The van der Waals surface area contributed by atoms with E-state index in [0.717, 1.165) is 33.5 Å². The van der Waals surface area contributed by atoms with Crippen molar-refractivity contribution in [2.24, 2.45) is 5.92 Å². The second kappa shape index (κ2) is 7.16. The Bertz CT molecular complexity index is 541. The molecule has 0 fully saturated rings. The zero-order valence-electron chi connectivity index (χ0n) is 11.0. The highest BCUT2D eigenvalue weighted by Gasteiger charge is 2.09. The predicted octanol–water partition coefficient (Wildman–Crippen LogP) is 5.68. The van der Waals surface area contributed by atoms with Crippen molar-refractivity contribution < 1.29 is 4.74 Å². The first-order chi connectivity index (χ1) is 9.26. The van der Waals surface area contributed by atoms with E-state index in [4.69, 9.17) is 16.3 Å². The Morgan fingerprint density at radius 3 is 2.58 bits per heavy atom. The molecular formula is C16H18BrClO. The Balaban J connectivity index is 2.19. The lowest BCUT2D eigenvalue weighted by molar-refractivity contribution is 0.258. The molecule has 2 aromatic rings. The van der Waals surface area contributed by atoms with Gasteiger partial charge in [0, 0.05) is 27.0 Å². The number of ether oxygens (including phenoxy) is 1. The quantitative estimate of drug-likeness (QED) is 0.614. The molecule has 1 unspecified atom stereocenters. The Hall–Kier alpha value is -0.730. The van der Waals surface area contributed by atoms with E-state index in [0.29, 0.717) is 5.92 Å². The fraction of sp³-hybridized carbons (Fsp3) is 0.375. The molecule has 0 aliphatic heterocycles. The van der Waals surface area contributed by atoms with Crippen LogP contribution in [-0.2, 0) is 0 Å². The fourth-order valence-corrected chi connectivity index (χ4v) is 2.92.